The van der Waals surface area contributed by atoms with Crippen LogP contribution in [-0.4, -0.2) is 4.57 Å². The van der Waals surface area contributed by atoms with Gasteiger partial charge in [0, 0.05) is 27.8 Å². The molecule has 2 aliphatic carbocycles. The number of benzene rings is 7. The number of fused-ring (bicyclic) bond motifs is 9. The Morgan fingerprint density at radius 1 is 0.447 bits per heavy atom. The molecule has 1 unspecified atom stereocenters. The summed E-state index contributed by atoms with van der Waals surface area (Å²) in [7, 11) is 0. The number of hydrogen-bond donors (Lipinski definition) is 0. The fraction of sp³-hybridized carbons (Fsp3) is 0.0870. The summed E-state index contributed by atoms with van der Waals surface area (Å²) in [5.74, 6) is 0.184. The van der Waals surface area contributed by atoms with Gasteiger partial charge < -0.3 is 4.57 Å². The molecule has 1 atom stereocenters. The van der Waals surface area contributed by atoms with Gasteiger partial charge in [-0.2, -0.15) is 0 Å². The van der Waals surface area contributed by atoms with Gasteiger partial charge in [0.15, 0.2) is 0 Å². The maximum atomic E-state index is 2.43. The second-order valence-electron chi connectivity index (χ2n) is 13.7. The van der Waals surface area contributed by atoms with Crippen molar-refractivity contribution in [1.29, 1.82) is 0 Å². The Labute approximate surface area is 275 Å². The summed E-state index contributed by atoms with van der Waals surface area (Å²) in [6.07, 6.45) is 0. The minimum Gasteiger partial charge on any atom is -0.309 e. The van der Waals surface area contributed by atoms with Crippen molar-refractivity contribution in [3.63, 3.8) is 0 Å². The first-order valence-corrected chi connectivity index (χ1v) is 16.6. The van der Waals surface area contributed by atoms with Gasteiger partial charge in [-0.15, -0.1) is 0 Å². The van der Waals surface area contributed by atoms with Gasteiger partial charge in [0.1, 0.15) is 0 Å². The third-order valence-electron chi connectivity index (χ3n) is 10.9. The van der Waals surface area contributed by atoms with E-state index in [1.807, 2.05) is 0 Å². The van der Waals surface area contributed by atoms with Gasteiger partial charge in [0.2, 0.25) is 0 Å². The summed E-state index contributed by atoms with van der Waals surface area (Å²) < 4.78 is 2.43. The van der Waals surface area contributed by atoms with E-state index >= 15 is 0 Å². The van der Waals surface area contributed by atoms with Crippen LogP contribution in [0.15, 0.2) is 158 Å². The van der Waals surface area contributed by atoms with E-state index < -0.39 is 0 Å². The first-order valence-electron chi connectivity index (χ1n) is 16.6. The zero-order valence-corrected chi connectivity index (χ0v) is 26.5. The van der Waals surface area contributed by atoms with Crippen LogP contribution in [-0.2, 0) is 5.41 Å². The van der Waals surface area contributed by atoms with Gasteiger partial charge >= 0.3 is 0 Å². The number of rotatable bonds is 3. The fourth-order valence-corrected chi connectivity index (χ4v) is 8.67. The largest absolute Gasteiger partial charge is 0.309 e. The predicted molar refractivity (Wildman–Crippen MR) is 197 cm³/mol. The van der Waals surface area contributed by atoms with Crippen molar-refractivity contribution in [2.24, 2.45) is 0 Å². The minimum absolute atomic E-state index is 0.0169. The first-order chi connectivity index (χ1) is 23.1. The van der Waals surface area contributed by atoms with E-state index in [1.54, 1.807) is 0 Å². The molecule has 0 bridgehead atoms. The highest BCUT2D eigenvalue weighted by Gasteiger charge is 2.35. The highest BCUT2D eigenvalue weighted by molar-refractivity contribution is 6.09. The van der Waals surface area contributed by atoms with Crippen molar-refractivity contribution in [3.05, 3.63) is 186 Å². The van der Waals surface area contributed by atoms with Gasteiger partial charge in [-0.25, -0.2) is 0 Å². The van der Waals surface area contributed by atoms with E-state index in [-0.39, 0.29) is 11.3 Å². The van der Waals surface area contributed by atoms with Crippen LogP contribution in [0, 0.1) is 0 Å². The Balaban J connectivity index is 1.10. The lowest BCUT2D eigenvalue weighted by Crippen LogP contribution is -2.14. The molecule has 10 rings (SSSR count). The van der Waals surface area contributed by atoms with E-state index in [2.05, 4.69) is 176 Å². The average molecular weight is 600 g/mol. The van der Waals surface area contributed by atoms with Crippen LogP contribution in [0.25, 0.3) is 60.9 Å². The number of aromatic nitrogens is 1. The van der Waals surface area contributed by atoms with Gasteiger partial charge in [-0.05, 0) is 91.5 Å². The van der Waals surface area contributed by atoms with Crippen LogP contribution in [0.5, 0.6) is 0 Å². The molecule has 0 aliphatic heterocycles. The molecule has 2 aliphatic rings. The van der Waals surface area contributed by atoms with Crippen LogP contribution >= 0.6 is 0 Å². The Morgan fingerprint density at radius 2 is 1.09 bits per heavy atom. The SMILES string of the molecule is CC1(C)c2ccccc2-c2ccc(-c3cccc(C4c5ccccc5-c5cc(-n6c7ccccc7c7ccccc76)ccc54)c3)cc21. The van der Waals surface area contributed by atoms with E-state index in [1.165, 1.54) is 88.7 Å². The predicted octanol–water partition coefficient (Wildman–Crippen LogP) is 11.9. The molecule has 0 N–H and O–H groups in total. The Bertz CT molecular complexity index is 2510. The highest BCUT2D eigenvalue weighted by atomic mass is 15.0. The monoisotopic (exact) mass is 599 g/mol. The second kappa shape index (κ2) is 9.67. The van der Waals surface area contributed by atoms with Gasteiger partial charge in [-0.1, -0.05) is 141 Å². The smallest absolute Gasteiger partial charge is 0.0541 e. The van der Waals surface area contributed by atoms with Crippen LogP contribution < -0.4 is 0 Å². The molecule has 1 heterocycles. The number of nitrogens with zero attached hydrogens (tertiary/aromatic N) is 1. The molecule has 0 amide bonds. The van der Waals surface area contributed by atoms with E-state index in [0.29, 0.717) is 0 Å². The first kappa shape index (κ1) is 26.5. The zero-order chi connectivity index (χ0) is 31.3. The summed E-state index contributed by atoms with van der Waals surface area (Å²) in [5.41, 5.74) is 18.5. The quantitative estimate of drug-likeness (QED) is 0.190. The van der Waals surface area contributed by atoms with Crippen LogP contribution in [0.2, 0.25) is 0 Å². The van der Waals surface area contributed by atoms with Crippen molar-refractivity contribution in [2.75, 3.05) is 0 Å². The Kier molecular flexibility index (Phi) is 5.46. The van der Waals surface area contributed by atoms with Gasteiger partial charge in [0.25, 0.3) is 0 Å². The topological polar surface area (TPSA) is 4.93 Å². The third-order valence-corrected chi connectivity index (χ3v) is 10.9. The van der Waals surface area contributed by atoms with Crippen molar-refractivity contribution < 1.29 is 0 Å². The molecule has 0 radical (unpaired) electrons. The molecule has 0 spiro atoms. The molecule has 0 fully saturated rings. The molecule has 8 aromatic rings. The van der Waals surface area contributed by atoms with Crippen molar-refractivity contribution in [1.82, 2.24) is 4.57 Å². The molecule has 222 valence electrons. The molecule has 1 aromatic heterocycles. The van der Waals surface area contributed by atoms with Crippen LogP contribution in [0.1, 0.15) is 47.6 Å². The molecule has 7 aromatic carbocycles. The lowest BCUT2D eigenvalue weighted by Gasteiger charge is -2.22. The van der Waals surface area contributed by atoms with Crippen molar-refractivity contribution in [2.45, 2.75) is 25.2 Å². The molecule has 47 heavy (non-hydrogen) atoms. The van der Waals surface area contributed by atoms with E-state index in [4.69, 9.17) is 0 Å². The van der Waals surface area contributed by atoms with Gasteiger partial charge in [-0.3, -0.25) is 0 Å². The molecular weight excluding hydrogens is 567 g/mol. The molecular formula is C46H33N. The summed E-state index contributed by atoms with van der Waals surface area (Å²) >= 11 is 0. The van der Waals surface area contributed by atoms with Crippen LogP contribution in [0.4, 0.5) is 0 Å². The molecule has 0 saturated carbocycles. The number of para-hydroxylation sites is 2. The molecule has 1 heteroatoms. The van der Waals surface area contributed by atoms with E-state index in [0.717, 1.165) is 0 Å². The summed E-state index contributed by atoms with van der Waals surface area (Å²) in [4.78, 5) is 0. The lowest BCUT2D eigenvalue weighted by atomic mass is 9.81. The maximum absolute atomic E-state index is 2.43. The maximum Gasteiger partial charge on any atom is 0.0541 e. The fourth-order valence-electron chi connectivity index (χ4n) is 8.67. The number of hydrogen-bond acceptors (Lipinski definition) is 0. The second-order valence-corrected chi connectivity index (χ2v) is 13.7. The minimum atomic E-state index is -0.0169. The van der Waals surface area contributed by atoms with Gasteiger partial charge in [0.05, 0.1) is 11.0 Å². The van der Waals surface area contributed by atoms with E-state index in [9.17, 15) is 0 Å². The Morgan fingerprint density at radius 3 is 1.89 bits per heavy atom. The normalized spacial score (nSPS) is 15.4. The summed E-state index contributed by atoms with van der Waals surface area (Å²) in [6, 6.07) is 58.8. The summed E-state index contributed by atoms with van der Waals surface area (Å²) in [6.45, 7) is 4.72. The third kappa shape index (κ3) is 3.71. The highest BCUT2D eigenvalue weighted by Crippen LogP contribution is 2.51. The molecule has 0 saturated heterocycles. The van der Waals surface area contributed by atoms with Crippen molar-refractivity contribution >= 4 is 21.8 Å². The van der Waals surface area contributed by atoms with Crippen molar-refractivity contribution in [3.8, 4) is 39.1 Å². The lowest BCUT2D eigenvalue weighted by molar-refractivity contribution is 0.660. The summed E-state index contributed by atoms with van der Waals surface area (Å²) in [5, 5.41) is 2.58. The average Bonchev–Trinajstić information content (AvgIpc) is 3.71. The Hall–Kier alpha value is -5.66. The van der Waals surface area contributed by atoms with Crippen LogP contribution in [0.3, 0.4) is 0 Å². The standard InChI is InChI=1S/C46H33N/c1-46(2)41-19-8-5-15-34(41)35-24-22-30(27-42(35)46)29-12-11-13-31(26-29)45-38-18-4-3-14-33(38)40-28-32(23-25-39(40)45)47-43-20-9-6-16-36(43)37-17-7-10-21-44(37)47/h3-28,45H,1-2H3. The molecule has 1 nitrogen and oxygen atoms in total. The zero-order valence-electron chi connectivity index (χ0n) is 26.5.